The molecular formula is C14H17NO4. The molecule has 2 rings (SSSR count). The largest absolute Gasteiger partial charge is 0.491 e. The number of hydrogen-bond donors (Lipinski definition) is 1. The zero-order valence-electron chi connectivity index (χ0n) is 11.0. The maximum absolute atomic E-state index is 9.09. The van der Waals surface area contributed by atoms with Gasteiger partial charge in [-0.2, -0.15) is 0 Å². The van der Waals surface area contributed by atoms with Crippen LogP contribution in [0.25, 0.3) is 11.3 Å². The molecule has 0 saturated heterocycles. The topological polar surface area (TPSA) is 64.7 Å². The summed E-state index contributed by atoms with van der Waals surface area (Å²) in [5.41, 5.74) is 2.33. The van der Waals surface area contributed by atoms with E-state index in [1.54, 1.807) is 7.11 Å². The highest BCUT2D eigenvalue weighted by atomic mass is 16.5. The minimum atomic E-state index is -0.118. The second-order valence-corrected chi connectivity index (χ2v) is 4.11. The lowest BCUT2D eigenvalue weighted by Gasteiger charge is -2.05. The van der Waals surface area contributed by atoms with Crippen molar-refractivity contribution < 1.29 is 19.1 Å². The smallest absolute Gasteiger partial charge is 0.170 e. The van der Waals surface area contributed by atoms with Gasteiger partial charge in [-0.1, -0.05) is 5.16 Å². The van der Waals surface area contributed by atoms with Gasteiger partial charge in [0.05, 0.1) is 13.2 Å². The maximum atomic E-state index is 9.09. The van der Waals surface area contributed by atoms with Gasteiger partial charge in [-0.05, 0) is 31.2 Å². The zero-order valence-corrected chi connectivity index (χ0v) is 11.0. The molecule has 0 radical (unpaired) electrons. The molecule has 1 heterocycles. The maximum Gasteiger partial charge on any atom is 0.170 e. The Morgan fingerprint density at radius 3 is 2.53 bits per heavy atom. The second-order valence-electron chi connectivity index (χ2n) is 4.11. The molecule has 2 aromatic rings. The Bertz CT molecular complexity index is 519. The van der Waals surface area contributed by atoms with E-state index in [1.165, 1.54) is 0 Å². The molecule has 0 unspecified atom stereocenters. The van der Waals surface area contributed by atoms with Crippen LogP contribution in [0.1, 0.15) is 11.3 Å². The number of aliphatic hydroxyl groups is 1. The first-order chi connectivity index (χ1) is 9.26. The molecular weight excluding hydrogens is 246 g/mol. The summed E-state index contributed by atoms with van der Waals surface area (Å²) in [6.45, 7) is 2.84. The third-order valence-corrected chi connectivity index (χ3v) is 2.84. The van der Waals surface area contributed by atoms with E-state index < -0.39 is 0 Å². The molecule has 0 bridgehead atoms. The van der Waals surface area contributed by atoms with Gasteiger partial charge in [-0.25, -0.2) is 0 Å². The monoisotopic (exact) mass is 263 g/mol. The quantitative estimate of drug-likeness (QED) is 0.809. The fraction of sp³-hybridized carbons (Fsp3) is 0.357. The predicted octanol–water partition coefficient (Wildman–Crippen LogP) is 2.17. The van der Waals surface area contributed by atoms with Crippen molar-refractivity contribution in [1.29, 1.82) is 0 Å². The molecule has 0 fully saturated rings. The Morgan fingerprint density at radius 1 is 1.21 bits per heavy atom. The summed E-state index contributed by atoms with van der Waals surface area (Å²) in [5, 5.41) is 12.9. The van der Waals surface area contributed by atoms with Gasteiger partial charge in [0.2, 0.25) is 0 Å². The third kappa shape index (κ3) is 3.13. The van der Waals surface area contributed by atoms with Crippen LogP contribution < -0.4 is 4.74 Å². The summed E-state index contributed by atoms with van der Waals surface area (Å²) >= 11 is 0. The minimum Gasteiger partial charge on any atom is -0.491 e. The van der Waals surface area contributed by atoms with Crippen molar-refractivity contribution in [2.45, 2.75) is 13.5 Å². The molecule has 0 amide bonds. The lowest BCUT2D eigenvalue weighted by atomic mass is 10.1. The van der Waals surface area contributed by atoms with Crippen LogP contribution in [0.3, 0.4) is 0 Å². The number of methoxy groups -OCH3 is 1. The zero-order chi connectivity index (χ0) is 13.7. The number of aliphatic hydroxyl groups excluding tert-OH is 1. The Morgan fingerprint density at radius 2 is 1.95 bits per heavy atom. The molecule has 0 spiro atoms. The Balaban J connectivity index is 2.11. The molecule has 102 valence electrons. The molecule has 1 N–H and O–H groups in total. The standard InChI is InChI=1S/C14H17NO4/c1-10-13(9-16)15-19-14(10)11-3-5-12(6-4-11)18-8-7-17-2/h3-6,16H,7-9H2,1-2H3. The van der Waals surface area contributed by atoms with E-state index >= 15 is 0 Å². The third-order valence-electron chi connectivity index (χ3n) is 2.84. The fourth-order valence-corrected chi connectivity index (χ4v) is 1.73. The number of nitrogens with zero attached hydrogens (tertiary/aromatic N) is 1. The lowest BCUT2D eigenvalue weighted by Crippen LogP contribution is -2.03. The van der Waals surface area contributed by atoms with Crippen LogP contribution in [-0.4, -0.2) is 30.6 Å². The van der Waals surface area contributed by atoms with Crippen molar-refractivity contribution in [2.24, 2.45) is 0 Å². The number of aromatic nitrogens is 1. The summed E-state index contributed by atoms with van der Waals surface area (Å²) in [5.74, 6) is 1.45. The van der Waals surface area contributed by atoms with Crippen LogP contribution in [-0.2, 0) is 11.3 Å². The van der Waals surface area contributed by atoms with Crippen molar-refractivity contribution >= 4 is 0 Å². The van der Waals surface area contributed by atoms with E-state index in [-0.39, 0.29) is 6.61 Å². The minimum absolute atomic E-state index is 0.118. The highest BCUT2D eigenvalue weighted by Gasteiger charge is 2.12. The summed E-state index contributed by atoms with van der Waals surface area (Å²) in [6.07, 6.45) is 0. The van der Waals surface area contributed by atoms with Gasteiger partial charge in [0.25, 0.3) is 0 Å². The van der Waals surface area contributed by atoms with E-state index in [4.69, 9.17) is 19.1 Å². The van der Waals surface area contributed by atoms with E-state index in [2.05, 4.69) is 5.16 Å². The van der Waals surface area contributed by atoms with Gasteiger partial charge in [-0.15, -0.1) is 0 Å². The number of hydrogen-bond acceptors (Lipinski definition) is 5. The lowest BCUT2D eigenvalue weighted by molar-refractivity contribution is 0.146. The van der Waals surface area contributed by atoms with Gasteiger partial charge >= 0.3 is 0 Å². The van der Waals surface area contributed by atoms with Gasteiger partial charge < -0.3 is 19.1 Å². The van der Waals surface area contributed by atoms with Crippen LogP contribution in [0.5, 0.6) is 5.75 Å². The van der Waals surface area contributed by atoms with Crippen molar-refractivity contribution in [2.75, 3.05) is 20.3 Å². The first-order valence-electron chi connectivity index (χ1n) is 6.04. The van der Waals surface area contributed by atoms with Crippen LogP contribution >= 0.6 is 0 Å². The molecule has 1 aromatic carbocycles. The molecule has 0 aliphatic rings. The number of ether oxygens (including phenoxy) is 2. The van der Waals surface area contributed by atoms with E-state index in [0.29, 0.717) is 24.7 Å². The van der Waals surface area contributed by atoms with E-state index in [9.17, 15) is 0 Å². The SMILES string of the molecule is COCCOc1ccc(-c2onc(CO)c2C)cc1. The fourth-order valence-electron chi connectivity index (χ4n) is 1.73. The average molecular weight is 263 g/mol. The van der Waals surface area contributed by atoms with Gasteiger partial charge in [-0.3, -0.25) is 0 Å². The second kappa shape index (κ2) is 6.36. The van der Waals surface area contributed by atoms with Crippen molar-refractivity contribution in [3.8, 4) is 17.1 Å². The first kappa shape index (κ1) is 13.6. The highest BCUT2D eigenvalue weighted by molar-refractivity contribution is 5.62. The average Bonchev–Trinajstić information content (AvgIpc) is 2.81. The molecule has 1 aromatic heterocycles. The first-order valence-corrected chi connectivity index (χ1v) is 6.04. The summed E-state index contributed by atoms with van der Waals surface area (Å²) in [6, 6.07) is 7.53. The van der Waals surface area contributed by atoms with Crippen molar-refractivity contribution in [1.82, 2.24) is 5.16 Å². The number of benzene rings is 1. The Hall–Kier alpha value is -1.85. The van der Waals surface area contributed by atoms with Gasteiger partial charge in [0.15, 0.2) is 5.76 Å². The van der Waals surface area contributed by atoms with Crippen molar-refractivity contribution in [3.05, 3.63) is 35.5 Å². The Kier molecular flexibility index (Phi) is 4.54. The normalized spacial score (nSPS) is 10.7. The highest BCUT2D eigenvalue weighted by Crippen LogP contribution is 2.27. The molecule has 0 aliphatic carbocycles. The predicted molar refractivity (Wildman–Crippen MR) is 70.0 cm³/mol. The molecule has 19 heavy (non-hydrogen) atoms. The van der Waals surface area contributed by atoms with Crippen molar-refractivity contribution in [3.63, 3.8) is 0 Å². The van der Waals surface area contributed by atoms with Crippen LogP contribution in [0.15, 0.2) is 28.8 Å². The Labute approximate surface area is 111 Å². The van der Waals surface area contributed by atoms with Crippen LogP contribution in [0, 0.1) is 6.92 Å². The molecule has 0 saturated carbocycles. The van der Waals surface area contributed by atoms with Gasteiger partial charge in [0.1, 0.15) is 18.1 Å². The molecule has 0 aliphatic heterocycles. The van der Waals surface area contributed by atoms with E-state index in [0.717, 1.165) is 16.9 Å². The van der Waals surface area contributed by atoms with Gasteiger partial charge in [0, 0.05) is 18.2 Å². The number of rotatable bonds is 6. The van der Waals surface area contributed by atoms with E-state index in [1.807, 2.05) is 31.2 Å². The summed E-state index contributed by atoms with van der Waals surface area (Å²) in [4.78, 5) is 0. The summed E-state index contributed by atoms with van der Waals surface area (Å²) in [7, 11) is 1.64. The molecule has 5 heteroatoms. The molecule has 5 nitrogen and oxygen atoms in total. The summed E-state index contributed by atoms with van der Waals surface area (Å²) < 4.78 is 15.6. The molecule has 0 atom stereocenters. The van der Waals surface area contributed by atoms with Crippen LogP contribution in [0.2, 0.25) is 0 Å². The van der Waals surface area contributed by atoms with Crippen LogP contribution in [0.4, 0.5) is 0 Å².